The molecule has 0 aliphatic heterocycles. The maximum atomic E-state index is 9.88. The van der Waals surface area contributed by atoms with Crippen LogP contribution >= 0.6 is 0 Å². The third-order valence-electron chi connectivity index (χ3n) is 11.8. The Morgan fingerprint density at radius 1 is 0.544 bits per heavy atom. The van der Waals surface area contributed by atoms with Crippen LogP contribution in [0.5, 0.6) is 0 Å². The molecule has 0 aliphatic rings. The molecule has 0 amide bonds. The third kappa shape index (κ3) is 10.3. The first-order valence-corrected chi connectivity index (χ1v) is 22.5. The summed E-state index contributed by atoms with van der Waals surface area (Å²) in [5.74, 6) is -1.15. The van der Waals surface area contributed by atoms with Gasteiger partial charge in [-0.3, -0.25) is 0 Å². The van der Waals surface area contributed by atoms with E-state index in [9.17, 15) is 21.7 Å². The van der Waals surface area contributed by atoms with Crippen molar-refractivity contribution in [2.75, 3.05) is 0 Å². The Balaban J connectivity index is 0.00000841. The van der Waals surface area contributed by atoms with Gasteiger partial charge in [0.25, 0.3) is 0 Å². The largest absolute Gasteiger partial charge is 3.00 e. The fourth-order valence-corrected chi connectivity index (χ4v) is 8.21. The summed E-state index contributed by atoms with van der Waals surface area (Å²) in [5.41, 5.74) is 4.14. The van der Waals surface area contributed by atoms with Crippen LogP contribution in [0.25, 0.3) is 55.7 Å². The fraction of sp³-hybridized carbons (Fsp3) is 0.258. The number of rotatable bonds is 15. The summed E-state index contributed by atoms with van der Waals surface area (Å²) in [6.45, 7) is 12.7. The van der Waals surface area contributed by atoms with Crippen LogP contribution in [0.3, 0.4) is 0 Å². The average Bonchev–Trinajstić information content (AvgIpc) is 3.84. The summed E-state index contributed by atoms with van der Waals surface area (Å²) in [5, 5.41) is 11.2. The van der Waals surface area contributed by atoms with Gasteiger partial charge in [-0.05, 0) is 136 Å². The minimum Gasteiger partial charge on any atom is -0.500 e. The van der Waals surface area contributed by atoms with E-state index in [0.29, 0.717) is 72.8 Å². The Bertz CT molecular complexity index is 3700. The predicted molar refractivity (Wildman–Crippen MR) is 273 cm³/mol. The van der Waals surface area contributed by atoms with Crippen LogP contribution in [0.15, 0.2) is 132 Å². The first-order valence-electron chi connectivity index (χ1n) is 28.5. The molecule has 9 aromatic rings. The van der Waals surface area contributed by atoms with Crippen molar-refractivity contribution in [1.82, 2.24) is 15.0 Å². The van der Waals surface area contributed by atoms with Crippen molar-refractivity contribution >= 4 is 21.9 Å². The molecular formula is C62H57IrN4O. The second kappa shape index (κ2) is 21.2. The van der Waals surface area contributed by atoms with Gasteiger partial charge in [0.15, 0.2) is 0 Å². The van der Waals surface area contributed by atoms with E-state index < -0.39 is 60.8 Å². The Kier molecular flexibility index (Phi) is 10.8. The van der Waals surface area contributed by atoms with E-state index in [1.54, 1.807) is 73.7 Å². The van der Waals surface area contributed by atoms with Crippen molar-refractivity contribution in [3.63, 3.8) is 0 Å². The summed E-state index contributed by atoms with van der Waals surface area (Å²) < 4.78 is 124. The van der Waals surface area contributed by atoms with E-state index in [-0.39, 0.29) is 48.6 Å². The summed E-state index contributed by atoms with van der Waals surface area (Å²) in [4.78, 5) is 13.8. The number of aromatic nitrogens is 3. The first kappa shape index (κ1) is 34.7. The van der Waals surface area contributed by atoms with Gasteiger partial charge in [0, 0.05) is 46.0 Å². The van der Waals surface area contributed by atoms with Crippen molar-refractivity contribution in [2.24, 2.45) is 0 Å². The molecule has 0 bridgehead atoms. The van der Waals surface area contributed by atoms with Crippen LogP contribution in [0.4, 0.5) is 0 Å². The quantitative estimate of drug-likeness (QED) is 0.0956. The van der Waals surface area contributed by atoms with Crippen molar-refractivity contribution in [3.8, 4) is 39.8 Å². The maximum Gasteiger partial charge on any atom is 3.00 e. The summed E-state index contributed by atoms with van der Waals surface area (Å²) in [6.07, 6.45) is -14.6. The molecule has 0 unspecified atom stereocenters. The third-order valence-corrected chi connectivity index (χ3v) is 11.8. The summed E-state index contributed by atoms with van der Waals surface area (Å²) in [7, 11) is 0. The molecule has 4 heterocycles. The van der Waals surface area contributed by atoms with E-state index in [2.05, 4.69) is 34.2 Å². The monoisotopic (exact) mass is 1080 g/mol. The summed E-state index contributed by atoms with van der Waals surface area (Å²) in [6, 6.07) is 41.0. The van der Waals surface area contributed by atoms with Gasteiger partial charge in [0.2, 0.25) is 0 Å². The van der Waals surface area contributed by atoms with Crippen molar-refractivity contribution < 1.29 is 41.0 Å². The van der Waals surface area contributed by atoms with E-state index in [4.69, 9.17) is 9.40 Å². The minimum absolute atomic E-state index is 0. The van der Waals surface area contributed by atoms with E-state index in [1.165, 1.54) is 18.6 Å². The average molecular weight is 1080 g/mol. The van der Waals surface area contributed by atoms with Crippen LogP contribution in [0, 0.1) is 36.5 Å². The molecule has 0 fully saturated rings. The molecule has 0 aliphatic carbocycles. The van der Waals surface area contributed by atoms with Gasteiger partial charge in [-0.15, -0.1) is 90.0 Å². The molecule has 0 saturated heterocycles. The fourth-order valence-electron chi connectivity index (χ4n) is 8.21. The number of aryl methyl sites for hydroxylation is 7. The molecule has 340 valence electrons. The van der Waals surface area contributed by atoms with E-state index in [1.807, 2.05) is 65.8 Å². The molecule has 68 heavy (non-hydrogen) atoms. The van der Waals surface area contributed by atoms with E-state index >= 15 is 0 Å². The van der Waals surface area contributed by atoms with Crippen molar-refractivity contribution in [2.45, 2.75) is 104 Å². The number of furan rings is 1. The molecule has 5 nitrogen and oxygen atoms in total. The smallest absolute Gasteiger partial charge is 0.500 e. The van der Waals surface area contributed by atoms with Gasteiger partial charge in [0.1, 0.15) is 5.58 Å². The molecular weight excluding hydrogens is 1010 g/mol. The number of hydrogen-bond acceptors (Lipinski definition) is 5. The van der Waals surface area contributed by atoms with Gasteiger partial charge in [-0.1, -0.05) is 95.0 Å². The van der Waals surface area contributed by atoms with Gasteiger partial charge in [-0.2, -0.15) is 5.26 Å². The molecule has 0 radical (unpaired) electrons. The Morgan fingerprint density at radius 3 is 1.44 bits per heavy atom. The number of pyridine rings is 3. The van der Waals surface area contributed by atoms with Crippen LogP contribution in [-0.2, 0) is 58.3 Å². The second-order valence-electron chi connectivity index (χ2n) is 17.5. The van der Waals surface area contributed by atoms with Gasteiger partial charge >= 0.3 is 20.1 Å². The Hall–Kier alpha value is -6.51. The van der Waals surface area contributed by atoms with Gasteiger partial charge < -0.3 is 19.4 Å². The zero-order chi connectivity index (χ0) is 57.4. The molecule has 0 N–H and O–H groups in total. The standard InChI is InChI=1S/C62H57N4O.Ir/c1-39(2)55-32-58(46-15-10-8-11-16-46)64-36-49(55)24-21-43-29-44(22-25-50-37-65-59(33-56(50)40(3)4)47-17-12-9-13-18-47)31-45(30-43)23-26-51-38-66-60(34-57(51)41(5)6)54-20-14-19-52-53-28-27-48(35-63)42(7)61(53)67-62(52)54;/h8-15,17,19,27-34,36-41H,21-26H2,1-7H3;/q-3;+3/i21D2,22D2,23D2,24D2,25D2,26D2;. The molecule has 0 spiro atoms. The number of nitriles is 1. The Morgan fingerprint density at radius 2 is 1.00 bits per heavy atom. The van der Waals surface area contributed by atoms with E-state index in [0.717, 1.165) is 29.0 Å². The SMILES string of the molecule is [2H]C([2H])(c1cc(C([2H])([2H])C([2H])([2H])c2cnc(-c3[c-]cccc3)cc2C(C)C)cc(C([2H])([2H])C([2H])([2H])c2cnc(-c3[c-]ccc4c3oc3c(C)c(C#N)ccc34)cc2C(C)C)c1)C([2H])([2H])c1cnc(-c2[c-]cccc2)cc1C(C)C.[Ir+3]. The molecule has 0 saturated carbocycles. The Labute approximate surface area is 433 Å². The van der Waals surface area contributed by atoms with Crippen molar-refractivity contribution in [3.05, 3.63) is 207 Å². The molecule has 9 rings (SSSR count). The second-order valence-corrected chi connectivity index (χ2v) is 17.5. The zero-order valence-corrected chi connectivity index (χ0v) is 41.3. The number of benzene rings is 5. The number of hydrogen-bond donors (Lipinski definition) is 0. The van der Waals surface area contributed by atoms with Crippen LogP contribution in [-0.4, -0.2) is 15.0 Å². The molecule has 0 atom stereocenters. The van der Waals surface area contributed by atoms with Crippen LogP contribution in [0.2, 0.25) is 0 Å². The normalized spacial score (nSPS) is 15.4. The van der Waals surface area contributed by atoms with Crippen LogP contribution < -0.4 is 0 Å². The molecule has 6 heteroatoms. The molecule has 4 aromatic heterocycles. The summed E-state index contributed by atoms with van der Waals surface area (Å²) >= 11 is 0. The zero-order valence-electron chi connectivity index (χ0n) is 50.9. The van der Waals surface area contributed by atoms with Gasteiger partial charge in [0.05, 0.1) is 17.2 Å². The predicted octanol–water partition coefficient (Wildman–Crippen LogP) is 15.1. The first-order chi connectivity index (χ1) is 37.1. The molecule has 5 aromatic carbocycles. The number of fused-ring (bicyclic) bond motifs is 3. The maximum absolute atomic E-state index is 9.88. The van der Waals surface area contributed by atoms with Crippen molar-refractivity contribution in [1.29, 1.82) is 5.26 Å². The van der Waals surface area contributed by atoms with Crippen LogP contribution in [0.1, 0.15) is 137 Å². The topological polar surface area (TPSA) is 75.6 Å². The number of nitrogens with zero attached hydrogens (tertiary/aromatic N) is 4. The van der Waals surface area contributed by atoms with Gasteiger partial charge in [-0.25, -0.2) is 0 Å². The minimum atomic E-state index is -3.17.